The van der Waals surface area contributed by atoms with Gasteiger partial charge in [-0.25, -0.2) is 4.79 Å². The number of rotatable bonds is 6. The molecule has 1 aliphatic rings. The highest BCUT2D eigenvalue weighted by molar-refractivity contribution is 5.92. The molecule has 0 radical (unpaired) electrons. The Morgan fingerprint density at radius 1 is 1.08 bits per heavy atom. The monoisotopic (exact) mass is 330 g/mol. The highest BCUT2D eigenvalue weighted by Crippen LogP contribution is 2.48. The van der Waals surface area contributed by atoms with Gasteiger partial charge in [0.2, 0.25) is 0 Å². The Bertz CT molecular complexity index is 643. The molecule has 0 fully saturated rings. The van der Waals surface area contributed by atoms with Gasteiger partial charge in [-0.2, -0.15) is 0 Å². The van der Waals surface area contributed by atoms with Crippen molar-refractivity contribution in [3.63, 3.8) is 0 Å². The first kappa shape index (κ1) is 18.2. The average molecular weight is 330 g/mol. The standard InChI is InChI=1S/C20H26O4/c1-12(2)17-14-8-6-7-9-15(14)18(13(3)4)19(20(22)23-5)16(17)10-24-11-21/h6-9,11-13,17-18H,10H2,1-5H3. The molecule has 1 aromatic rings. The van der Waals surface area contributed by atoms with Crippen molar-refractivity contribution in [1.29, 1.82) is 0 Å². The lowest BCUT2D eigenvalue weighted by atomic mass is 9.66. The molecule has 1 aromatic carbocycles. The topological polar surface area (TPSA) is 52.6 Å². The third-order valence-electron chi connectivity index (χ3n) is 4.74. The van der Waals surface area contributed by atoms with Gasteiger partial charge in [-0.1, -0.05) is 52.0 Å². The van der Waals surface area contributed by atoms with Crippen LogP contribution in [0, 0.1) is 11.8 Å². The lowest BCUT2D eigenvalue weighted by Gasteiger charge is -2.38. The van der Waals surface area contributed by atoms with Crippen LogP contribution in [0.3, 0.4) is 0 Å². The second-order valence-corrected chi connectivity index (χ2v) is 6.91. The zero-order chi connectivity index (χ0) is 17.9. The van der Waals surface area contributed by atoms with Crippen molar-refractivity contribution in [2.45, 2.75) is 39.5 Å². The Kier molecular flexibility index (Phi) is 5.81. The van der Waals surface area contributed by atoms with Gasteiger partial charge in [0.05, 0.1) is 7.11 Å². The lowest BCUT2D eigenvalue weighted by Crippen LogP contribution is -2.31. The fraction of sp³-hybridized carbons (Fsp3) is 0.500. The van der Waals surface area contributed by atoms with Gasteiger partial charge in [-0.3, -0.25) is 4.79 Å². The molecular weight excluding hydrogens is 304 g/mol. The van der Waals surface area contributed by atoms with E-state index < -0.39 is 0 Å². The Morgan fingerprint density at radius 2 is 1.62 bits per heavy atom. The predicted octanol–water partition coefficient (Wildman–Crippen LogP) is 3.82. The summed E-state index contributed by atoms with van der Waals surface area (Å²) in [6.45, 7) is 8.98. The molecule has 2 atom stereocenters. The fourth-order valence-corrected chi connectivity index (χ4v) is 3.90. The van der Waals surface area contributed by atoms with Crippen LogP contribution < -0.4 is 0 Å². The van der Waals surface area contributed by atoms with Gasteiger partial charge < -0.3 is 9.47 Å². The molecule has 0 bridgehead atoms. The van der Waals surface area contributed by atoms with Crippen LogP contribution in [-0.2, 0) is 19.1 Å². The maximum absolute atomic E-state index is 12.6. The van der Waals surface area contributed by atoms with Crippen LogP contribution in [0.1, 0.15) is 50.7 Å². The summed E-state index contributed by atoms with van der Waals surface area (Å²) in [5.41, 5.74) is 3.89. The molecule has 0 heterocycles. The van der Waals surface area contributed by atoms with E-state index in [0.717, 1.165) is 5.57 Å². The number of benzene rings is 1. The Morgan fingerprint density at radius 3 is 2.08 bits per heavy atom. The van der Waals surface area contributed by atoms with Crippen LogP contribution in [0.15, 0.2) is 35.4 Å². The van der Waals surface area contributed by atoms with Crippen LogP contribution >= 0.6 is 0 Å². The van der Waals surface area contributed by atoms with Crippen LogP contribution in [-0.4, -0.2) is 26.2 Å². The number of carbonyl (C=O) groups is 2. The molecule has 1 aliphatic carbocycles. The number of hydrogen-bond acceptors (Lipinski definition) is 4. The molecule has 0 aromatic heterocycles. The third kappa shape index (κ3) is 3.23. The van der Waals surface area contributed by atoms with Gasteiger partial charge in [0.15, 0.2) is 0 Å². The molecule has 4 nitrogen and oxygen atoms in total. The summed E-state index contributed by atoms with van der Waals surface area (Å²) in [6, 6.07) is 8.24. The van der Waals surface area contributed by atoms with Gasteiger partial charge in [-0.15, -0.1) is 0 Å². The maximum atomic E-state index is 12.6. The third-order valence-corrected chi connectivity index (χ3v) is 4.74. The van der Waals surface area contributed by atoms with Gasteiger partial charge in [0, 0.05) is 17.4 Å². The maximum Gasteiger partial charge on any atom is 0.334 e. The van der Waals surface area contributed by atoms with Gasteiger partial charge in [-0.05, 0) is 28.5 Å². The number of ether oxygens (including phenoxy) is 2. The van der Waals surface area contributed by atoms with E-state index in [4.69, 9.17) is 9.47 Å². The van der Waals surface area contributed by atoms with Crippen molar-refractivity contribution in [3.05, 3.63) is 46.5 Å². The van der Waals surface area contributed by atoms with E-state index in [0.29, 0.717) is 12.0 Å². The molecule has 4 heteroatoms. The molecule has 0 saturated carbocycles. The van der Waals surface area contributed by atoms with Crippen LogP contribution in [0.4, 0.5) is 0 Å². The minimum atomic E-state index is -0.335. The highest BCUT2D eigenvalue weighted by Gasteiger charge is 2.40. The van der Waals surface area contributed by atoms with E-state index in [-0.39, 0.29) is 36.2 Å². The molecule has 0 aliphatic heterocycles. The SMILES string of the molecule is COC(=O)C1=C(COC=O)C(C(C)C)c2ccccc2C1C(C)C. The predicted molar refractivity (Wildman–Crippen MR) is 92.7 cm³/mol. The molecule has 2 rings (SSSR count). The van der Waals surface area contributed by atoms with Crippen molar-refractivity contribution in [2.24, 2.45) is 11.8 Å². The fourth-order valence-electron chi connectivity index (χ4n) is 3.90. The van der Waals surface area contributed by atoms with Crippen LogP contribution in [0.2, 0.25) is 0 Å². The molecule has 0 amide bonds. The summed E-state index contributed by atoms with van der Waals surface area (Å²) in [5, 5.41) is 0. The molecule has 0 saturated heterocycles. The first-order chi connectivity index (χ1) is 11.4. The number of esters is 1. The number of methoxy groups -OCH3 is 1. The Balaban J connectivity index is 2.75. The highest BCUT2D eigenvalue weighted by atomic mass is 16.5. The molecule has 0 N–H and O–H groups in total. The quantitative estimate of drug-likeness (QED) is 0.588. The van der Waals surface area contributed by atoms with Gasteiger partial charge >= 0.3 is 5.97 Å². The summed E-state index contributed by atoms with van der Waals surface area (Å²) in [6.07, 6.45) is 0. The van der Waals surface area contributed by atoms with E-state index in [1.54, 1.807) is 0 Å². The molecular formula is C20H26O4. The first-order valence-corrected chi connectivity index (χ1v) is 8.39. The second-order valence-electron chi connectivity index (χ2n) is 6.91. The Labute approximate surface area is 143 Å². The van der Waals surface area contributed by atoms with E-state index in [1.165, 1.54) is 18.2 Å². The first-order valence-electron chi connectivity index (χ1n) is 8.39. The molecule has 24 heavy (non-hydrogen) atoms. The van der Waals surface area contributed by atoms with Crippen molar-refractivity contribution < 1.29 is 19.1 Å². The van der Waals surface area contributed by atoms with E-state index in [1.807, 2.05) is 12.1 Å². The zero-order valence-corrected chi connectivity index (χ0v) is 15.0. The minimum Gasteiger partial charge on any atom is -0.466 e. The van der Waals surface area contributed by atoms with E-state index in [2.05, 4.69) is 39.8 Å². The minimum absolute atomic E-state index is 0.0326. The van der Waals surface area contributed by atoms with E-state index >= 15 is 0 Å². The van der Waals surface area contributed by atoms with Crippen LogP contribution in [0.25, 0.3) is 0 Å². The number of fused-ring (bicyclic) bond motifs is 1. The van der Waals surface area contributed by atoms with Crippen molar-refractivity contribution in [3.8, 4) is 0 Å². The summed E-state index contributed by atoms with van der Waals surface area (Å²) in [7, 11) is 1.40. The summed E-state index contributed by atoms with van der Waals surface area (Å²) >= 11 is 0. The number of hydrogen-bond donors (Lipinski definition) is 0. The lowest BCUT2D eigenvalue weighted by molar-refractivity contribution is -0.137. The second kappa shape index (κ2) is 7.65. The van der Waals surface area contributed by atoms with Crippen molar-refractivity contribution in [2.75, 3.05) is 13.7 Å². The average Bonchev–Trinajstić information content (AvgIpc) is 2.56. The van der Waals surface area contributed by atoms with Crippen molar-refractivity contribution >= 4 is 12.4 Å². The number of carbonyl (C=O) groups excluding carboxylic acids is 2. The summed E-state index contributed by atoms with van der Waals surface area (Å²) in [5.74, 6) is 0.126. The van der Waals surface area contributed by atoms with Gasteiger partial charge in [0.1, 0.15) is 6.61 Å². The van der Waals surface area contributed by atoms with E-state index in [9.17, 15) is 9.59 Å². The molecule has 0 spiro atoms. The largest absolute Gasteiger partial charge is 0.466 e. The summed E-state index contributed by atoms with van der Waals surface area (Å²) < 4.78 is 10.2. The zero-order valence-electron chi connectivity index (χ0n) is 15.0. The van der Waals surface area contributed by atoms with Gasteiger partial charge in [0.25, 0.3) is 6.47 Å². The van der Waals surface area contributed by atoms with Crippen molar-refractivity contribution in [1.82, 2.24) is 0 Å². The molecule has 2 unspecified atom stereocenters. The Hall–Kier alpha value is -2.10. The smallest absolute Gasteiger partial charge is 0.334 e. The summed E-state index contributed by atoms with van der Waals surface area (Å²) in [4.78, 5) is 23.4. The normalized spacial score (nSPS) is 20.1. The van der Waals surface area contributed by atoms with Crippen LogP contribution in [0.5, 0.6) is 0 Å². The molecule has 130 valence electrons.